The van der Waals surface area contributed by atoms with Gasteiger partial charge in [-0.25, -0.2) is 0 Å². The fraction of sp³-hybridized carbons (Fsp3) is 0.435. The Labute approximate surface area is 156 Å². The highest BCUT2D eigenvalue weighted by molar-refractivity contribution is 5.95. The number of carbonyl (C=O) groups excluding carboxylic acids is 1. The molecular formula is C23H29NO2. The first-order valence-corrected chi connectivity index (χ1v) is 9.55. The number of aryl methyl sites for hydroxylation is 1. The molecule has 0 heterocycles. The van der Waals surface area contributed by atoms with E-state index in [-0.39, 0.29) is 11.3 Å². The van der Waals surface area contributed by atoms with Crippen LogP contribution in [-0.2, 0) is 11.3 Å². The van der Waals surface area contributed by atoms with Crippen LogP contribution in [0.5, 0.6) is 0 Å². The van der Waals surface area contributed by atoms with Crippen molar-refractivity contribution in [2.75, 3.05) is 6.54 Å². The molecule has 2 aromatic rings. The van der Waals surface area contributed by atoms with Crippen molar-refractivity contribution in [1.82, 2.24) is 5.32 Å². The molecule has 138 valence electrons. The van der Waals surface area contributed by atoms with Crippen LogP contribution >= 0.6 is 0 Å². The summed E-state index contributed by atoms with van der Waals surface area (Å²) in [5, 5.41) is 3.14. The van der Waals surface area contributed by atoms with Crippen molar-refractivity contribution in [1.29, 1.82) is 0 Å². The van der Waals surface area contributed by atoms with Gasteiger partial charge >= 0.3 is 0 Å². The Morgan fingerprint density at radius 1 is 1.08 bits per heavy atom. The molecule has 1 N–H and O–H groups in total. The topological polar surface area (TPSA) is 38.3 Å². The van der Waals surface area contributed by atoms with Crippen LogP contribution in [0.1, 0.15) is 54.1 Å². The van der Waals surface area contributed by atoms with Crippen molar-refractivity contribution < 1.29 is 9.53 Å². The number of hydrogen-bond donors (Lipinski definition) is 1. The average Bonchev–Trinajstić information content (AvgIpc) is 2.67. The largest absolute Gasteiger partial charge is 0.374 e. The number of carbonyl (C=O) groups is 1. The van der Waals surface area contributed by atoms with E-state index >= 15 is 0 Å². The van der Waals surface area contributed by atoms with E-state index in [0.29, 0.717) is 12.7 Å². The van der Waals surface area contributed by atoms with Gasteiger partial charge in [0.05, 0.1) is 12.7 Å². The lowest BCUT2D eigenvalue weighted by molar-refractivity contribution is -0.00869. The van der Waals surface area contributed by atoms with Gasteiger partial charge in [0.15, 0.2) is 0 Å². The lowest BCUT2D eigenvalue weighted by atomic mass is 9.74. The molecule has 0 atom stereocenters. The van der Waals surface area contributed by atoms with E-state index in [1.807, 2.05) is 49.4 Å². The SMILES string of the molecule is Cc1ccccc1C(=O)NCC1(C)CCC(OCc2ccccc2)CC1. The van der Waals surface area contributed by atoms with Gasteiger partial charge in [-0.3, -0.25) is 4.79 Å². The first-order chi connectivity index (χ1) is 12.6. The predicted octanol–water partition coefficient (Wildman–Crippen LogP) is 4.89. The highest BCUT2D eigenvalue weighted by Gasteiger charge is 2.32. The van der Waals surface area contributed by atoms with Gasteiger partial charge in [0, 0.05) is 12.1 Å². The Kier molecular flexibility index (Phi) is 6.10. The van der Waals surface area contributed by atoms with Crippen molar-refractivity contribution in [2.24, 2.45) is 5.41 Å². The standard InChI is InChI=1S/C23H29NO2/c1-18-8-6-7-11-21(18)22(25)24-17-23(2)14-12-20(13-15-23)26-16-19-9-4-3-5-10-19/h3-11,20H,12-17H2,1-2H3,(H,24,25). The zero-order chi connectivity index (χ0) is 18.4. The third kappa shape index (κ3) is 4.95. The van der Waals surface area contributed by atoms with Crippen LogP contribution in [-0.4, -0.2) is 18.6 Å². The Bertz CT molecular complexity index is 718. The maximum Gasteiger partial charge on any atom is 0.251 e. The maximum atomic E-state index is 12.4. The molecule has 0 spiro atoms. The molecule has 3 heteroatoms. The monoisotopic (exact) mass is 351 g/mol. The molecule has 3 rings (SSSR count). The summed E-state index contributed by atoms with van der Waals surface area (Å²) in [4.78, 5) is 12.4. The van der Waals surface area contributed by atoms with Crippen molar-refractivity contribution in [3.8, 4) is 0 Å². The third-order valence-electron chi connectivity index (χ3n) is 5.53. The molecule has 26 heavy (non-hydrogen) atoms. The fourth-order valence-electron chi connectivity index (χ4n) is 3.64. The molecule has 1 fully saturated rings. The molecule has 1 aliphatic rings. The summed E-state index contributed by atoms with van der Waals surface area (Å²) in [5.41, 5.74) is 3.18. The van der Waals surface area contributed by atoms with Crippen LogP contribution in [0.4, 0.5) is 0 Å². The van der Waals surface area contributed by atoms with E-state index in [1.54, 1.807) is 0 Å². The van der Waals surface area contributed by atoms with Crippen molar-refractivity contribution >= 4 is 5.91 Å². The van der Waals surface area contributed by atoms with E-state index < -0.39 is 0 Å². The molecule has 0 bridgehead atoms. The van der Waals surface area contributed by atoms with Gasteiger partial charge in [0.2, 0.25) is 0 Å². The zero-order valence-corrected chi connectivity index (χ0v) is 15.8. The summed E-state index contributed by atoms with van der Waals surface area (Å²) >= 11 is 0. The van der Waals surface area contributed by atoms with Crippen LogP contribution in [0.15, 0.2) is 54.6 Å². The quantitative estimate of drug-likeness (QED) is 0.804. The Morgan fingerprint density at radius 3 is 2.42 bits per heavy atom. The van der Waals surface area contributed by atoms with Gasteiger partial charge in [-0.05, 0) is 55.2 Å². The van der Waals surface area contributed by atoms with Crippen LogP contribution in [0.25, 0.3) is 0 Å². The van der Waals surface area contributed by atoms with Crippen molar-refractivity contribution in [3.63, 3.8) is 0 Å². The molecule has 0 aliphatic heterocycles. The third-order valence-corrected chi connectivity index (χ3v) is 5.53. The predicted molar refractivity (Wildman–Crippen MR) is 105 cm³/mol. The van der Waals surface area contributed by atoms with E-state index in [9.17, 15) is 4.79 Å². The van der Waals surface area contributed by atoms with Crippen LogP contribution < -0.4 is 5.32 Å². The van der Waals surface area contributed by atoms with Gasteiger partial charge < -0.3 is 10.1 Å². The lowest BCUT2D eigenvalue weighted by Gasteiger charge is -2.37. The second-order valence-electron chi connectivity index (χ2n) is 7.80. The van der Waals surface area contributed by atoms with E-state index in [0.717, 1.165) is 43.4 Å². The molecule has 3 nitrogen and oxygen atoms in total. The van der Waals surface area contributed by atoms with E-state index in [2.05, 4.69) is 24.4 Å². The minimum atomic E-state index is 0.0341. The maximum absolute atomic E-state index is 12.4. The summed E-state index contributed by atoms with van der Waals surface area (Å²) in [6.07, 6.45) is 4.61. The smallest absolute Gasteiger partial charge is 0.251 e. The first-order valence-electron chi connectivity index (χ1n) is 9.55. The molecule has 0 aromatic heterocycles. The number of amides is 1. The van der Waals surface area contributed by atoms with Gasteiger partial charge in [-0.1, -0.05) is 55.5 Å². The number of hydrogen-bond acceptors (Lipinski definition) is 2. The number of rotatable bonds is 6. The number of nitrogens with one attached hydrogen (secondary N) is 1. The summed E-state index contributed by atoms with van der Waals surface area (Å²) in [5.74, 6) is 0.0341. The second-order valence-corrected chi connectivity index (χ2v) is 7.80. The summed E-state index contributed by atoms with van der Waals surface area (Å²) < 4.78 is 6.09. The van der Waals surface area contributed by atoms with Crippen LogP contribution in [0, 0.1) is 12.3 Å². The van der Waals surface area contributed by atoms with E-state index in [4.69, 9.17) is 4.74 Å². The second kappa shape index (κ2) is 8.50. The Balaban J connectivity index is 1.44. The molecule has 1 aliphatic carbocycles. The van der Waals surface area contributed by atoms with Crippen molar-refractivity contribution in [3.05, 3.63) is 71.3 Å². The molecular weight excluding hydrogens is 322 g/mol. The molecule has 0 radical (unpaired) electrons. The number of ether oxygens (including phenoxy) is 1. The molecule has 2 aromatic carbocycles. The van der Waals surface area contributed by atoms with E-state index in [1.165, 1.54) is 5.56 Å². The fourth-order valence-corrected chi connectivity index (χ4v) is 3.64. The molecule has 1 amide bonds. The van der Waals surface area contributed by atoms with Crippen molar-refractivity contribution in [2.45, 2.75) is 52.2 Å². The van der Waals surface area contributed by atoms with Crippen LogP contribution in [0.3, 0.4) is 0 Å². The Hall–Kier alpha value is -2.13. The van der Waals surface area contributed by atoms with Gasteiger partial charge in [-0.2, -0.15) is 0 Å². The minimum Gasteiger partial charge on any atom is -0.374 e. The Morgan fingerprint density at radius 2 is 1.73 bits per heavy atom. The van der Waals surface area contributed by atoms with Gasteiger partial charge in [-0.15, -0.1) is 0 Å². The summed E-state index contributed by atoms with van der Waals surface area (Å²) in [7, 11) is 0. The normalized spacial score (nSPS) is 22.8. The summed E-state index contributed by atoms with van der Waals surface area (Å²) in [6.45, 7) is 5.67. The molecule has 0 saturated heterocycles. The highest BCUT2D eigenvalue weighted by Crippen LogP contribution is 2.36. The minimum absolute atomic E-state index is 0.0341. The number of benzene rings is 2. The van der Waals surface area contributed by atoms with Crippen LogP contribution in [0.2, 0.25) is 0 Å². The van der Waals surface area contributed by atoms with Gasteiger partial charge in [0.1, 0.15) is 0 Å². The highest BCUT2D eigenvalue weighted by atomic mass is 16.5. The molecule has 0 unspecified atom stereocenters. The zero-order valence-electron chi connectivity index (χ0n) is 15.8. The lowest BCUT2D eigenvalue weighted by Crippen LogP contribution is -2.39. The summed E-state index contributed by atoms with van der Waals surface area (Å²) in [6, 6.07) is 18.1. The average molecular weight is 351 g/mol. The van der Waals surface area contributed by atoms with Gasteiger partial charge in [0.25, 0.3) is 5.91 Å². The first kappa shape index (κ1) is 18.7. The molecule has 1 saturated carbocycles.